The average Bonchev–Trinajstić information content (AvgIpc) is 2.62. The van der Waals surface area contributed by atoms with Gasteiger partial charge in [0.2, 0.25) is 0 Å². The number of fused-ring (bicyclic) bond motifs is 1. The van der Waals surface area contributed by atoms with Crippen molar-refractivity contribution >= 4 is 22.9 Å². The molecule has 0 radical (unpaired) electrons. The highest BCUT2D eigenvalue weighted by molar-refractivity contribution is 5.97. The summed E-state index contributed by atoms with van der Waals surface area (Å²) in [5.74, 6) is -0.519. The fourth-order valence-electron chi connectivity index (χ4n) is 3.16. The third kappa shape index (κ3) is 3.62. The topological polar surface area (TPSA) is 72.4 Å². The Kier molecular flexibility index (Phi) is 4.97. The molecular formula is C19H23N3O3. The van der Waals surface area contributed by atoms with E-state index in [2.05, 4.69) is 9.97 Å². The summed E-state index contributed by atoms with van der Waals surface area (Å²) in [4.78, 5) is 35.6. The predicted octanol–water partition coefficient (Wildman–Crippen LogP) is 2.66. The van der Waals surface area contributed by atoms with E-state index in [0.717, 1.165) is 29.7 Å². The average molecular weight is 341 g/mol. The molecule has 0 unspecified atom stereocenters. The Labute approximate surface area is 147 Å². The number of benzene rings is 1. The van der Waals surface area contributed by atoms with Crippen LogP contribution in [0.4, 0.5) is 0 Å². The number of carbonyl (C=O) groups is 2. The first-order chi connectivity index (χ1) is 12.0. The van der Waals surface area contributed by atoms with Gasteiger partial charge in [-0.1, -0.05) is 0 Å². The monoisotopic (exact) mass is 341 g/mol. The highest BCUT2D eigenvalue weighted by Gasteiger charge is 2.29. The Morgan fingerprint density at radius 3 is 2.64 bits per heavy atom. The molecule has 0 bridgehead atoms. The number of carbonyl (C=O) groups excluding carboxylic acids is 2. The van der Waals surface area contributed by atoms with Gasteiger partial charge in [-0.05, 0) is 51.8 Å². The second kappa shape index (κ2) is 7.17. The van der Waals surface area contributed by atoms with E-state index in [1.54, 1.807) is 24.0 Å². The normalized spacial score (nSPS) is 17.6. The molecular weight excluding hydrogens is 318 g/mol. The quantitative estimate of drug-likeness (QED) is 0.803. The zero-order valence-corrected chi connectivity index (χ0v) is 14.9. The lowest BCUT2D eigenvalue weighted by molar-refractivity contribution is -0.149. The summed E-state index contributed by atoms with van der Waals surface area (Å²) >= 11 is 0. The fourth-order valence-corrected chi connectivity index (χ4v) is 3.16. The number of esters is 1. The number of rotatable bonds is 3. The highest BCUT2D eigenvalue weighted by atomic mass is 16.5. The van der Waals surface area contributed by atoms with Crippen molar-refractivity contribution in [3.63, 3.8) is 0 Å². The SMILES string of the molecule is CCOC(=O)[C@H]1CCCN(C(=O)c2ccc3nc(C)c(C)nc3c2)C1. The molecule has 0 saturated carbocycles. The Hall–Kier alpha value is -2.50. The lowest BCUT2D eigenvalue weighted by Crippen LogP contribution is -2.42. The molecule has 1 aromatic carbocycles. The van der Waals surface area contributed by atoms with Crippen LogP contribution in [0.15, 0.2) is 18.2 Å². The molecule has 1 aliphatic heterocycles. The third-order valence-corrected chi connectivity index (χ3v) is 4.65. The number of amides is 1. The second-order valence-electron chi connectivity index (χ2n) is 6.44. The van der Waals surface area contributed by atoms with Crippen LogP contribution >= 0.6 is 0 Å². The standard InChI is InChI=1S/C19H23N3O3/c1-4-25-19(24)15-6-5-9-22(11-15)18(23)14-7-8-16-17(10-14)21-13(3)12(2)20-16/h7-8,10,15H,4-6,9,11H2,1-3H3/t15-/m0/s1. The van der Waals surface area contributed by atoms with Gasteiger partial charge in [0.25, 0.3) is 5.91 Å². The van der Waals surface area contributed by atoms with Crippen LogP contribution in [-0.4, -0.2) is 46.4 Å². The molecule has 1 amide bonds. The van der Waals surface area contributed by atoms with Gasteiger partial charge in [0.15, 0.2) is 0 Å². The number of likely N-dealkylation sites (tertiary alicyclic amines) is 1. The summed E-state index contributed by atoms with van der Waals surface area (Å²) in [5.41, 5.74) is 3.82. The Bertz CT molecular complexity index is 819. The number of hydrogen-bond donors (Lipinski definition) is 0. The van der Waals surface area contributed by atoms with Gasteiger partial charge < -0.3 is 9.64 Å². The zero-order chi connectivity index (χ0) is 18.0. The van der Waals surface area contributed by atoms with Gasteiger partial charge in [-0.3, -0.25) is 9.59 Å². The van der Waals surface area contributed by atoms with Gasteiger partial charge in [-0.15, -0.1) is 0 Å². The molecule has 1 fully saturated rings. The maximum atomic E-state index is 12.8. The predicted molar refractivity (Wildman–Crippen MR) is 94.3 cm³/mol. The molecule has 25 heavy (non-hydrogen) atoms. The zero-order valence-electron chi connectivity index (χ0n) is 14.9. The van der Waals surface area contributed by atoms with E-state index in [9.17, 15) is 9.59 Å². The van der Waals surface area contributed by atoms with Crippen molar-refractivity contribution in [3.8, 4) is 0 Å². The van der Waals surface area contributed by atoms with Crippen LogP contribution in [0.5, 0.6) is 0 Å². The second-order valence-corrected chi connectivity index (χ2v) is 6.44. The van der Waals surface area contributed by atoms with E-state index in [0.29, 0.717) is 30.8 Å². The minimum absolute atomic E-state index is 0.0732. The van der Waals surface area contributed by atoms with Gasteiger partial charge in [0.05, 0.1) is 34.9 Å². The van der Waals surface area contributed by atoms with E-state index in [1.165, 1.54) is 0 Å². The molecule has 0 spiro atoms. The minimum atomic E-state index is -0.234. The first-order valence-electron chi connectivity index (χ1n) is 8.70. The summed E-state index contributed by atoms with van der Waals surface area (Å²) in [6, 6.07) is 5.39. The highest BCUT2D eigenvalue weighted by Crippen LogP contribution is 2.21. The Balaban J connectivity index is 1.81. The lowest BCUT2D eigenvalue weighted by Gasteiger charge is -2.31. The van der Waals surface area contributed by atoms with Gasteiger partial charge in [-0.2, -0.15) is 0 Å². The van der Waals surface area contributed by atoms with Crippen molar-refractivity contribution in [1.82, 2.24) is 14.9 Å². The van der Waals surface area contributed by atoms with Gasteiger partial charge in [0, 0.05) is 18.7 Å². The van der Waals surface area contributed by atoms with Crippen LogP contribution < -0.4 is 0 Å². The van der Waals surface area contributed by atoms with Crippen LogP contribution in [0.2, 0.25) is 0 Å². The van der Waals surface area contributed by atoms with Crippen LogP contribution in [0, 0.1) is 19.8 Å². The van der Waals surface area contributed by atoms with Crippen LogP contribution in [0.3, 0.4) is 0 Å². The van der Waals surface area contributed by atoms with Crippen molar-refractivity contribution in [2.24, 2.45) is 5.92 Å². The maximum absolute atomic E-state index is 12.8. The van der Waals surface area contributed by atoms with E-state index in [-0.39, 0.29) is 17.8 Å². The van der Waals surface area contributed by atoms with Crippen molar-refractivity contribution in [1.29, 1.82) is 0 Å². The molecule has 0 aliphatic carbocycles. The molecule has 0 N–H and O–H groups in total. The minimum Gasteiger partial charge on any atom is -0.466 e. The summed E-state index contributed by atoms with van der Waals surface area (Å²) in [7, 11) is 0. The van der Waals surface area contributed by atoms with Crippen molar-refractivity contribution < 1.29 is 14.3 Å². The first kappa shape index (κ1) is 17.3. The van der Waals surface area contributed by atoms with Crippen LogP contribution in [0.1, 0.15) is 41.5 Å². The summed E-state index contributed by atoms with van der Waals surface area (Å²) in [6.07, 6.45) is 1.57. The molecule has 6 nitrogen and oxygen atoms in total. The first-order valence-corrected chi connectivity index (χ1v) is 8.70. The molecule has 1 saturated heterocycles. The number of hydrogen-bond acceptors (Lipinski definition) is 5. The number of aromatic nitrogens is 2. The number of nitrogens with zero attached hydrogens (tertiary/aromatic N) is 3. The lowest BCUT2D eigenvalue weighted by atomic mass is 9.97. The van der Waals surface area contributed by atoms with E-state index >= 15 is 0 Å². The smallest absolute Gasteiger partial charge is 0.310 e. The molecule has 2 aromatic rings. The molecule has 132 valence electrons. The van der Waals surface area contributed by atoms with Crippen LogP contribution in [0.25, 0.3) is 11.0 Å². The van der Waals surface area contributed by atoms with E-state index in [4.69, 9.17) is 4.74 Å². The third-order valence-electron chi connectivity index (χ3n) is 4.65. The van der Waals surface area contributed by atoms with Crippen molar-refractivity contribution in [2.45, 2.75) is 33.6 Å². The number of piperidine rings is 1. The van der Waals surface area contributed by atoms with E-state index < -0.39 is 0 Å². The molecule has 3 rings (SSSR count). The number of ether oxygens (including phenoxy) is 1. The van der Waals surface area contributed by atoms with Gasteiger partial charge >= 0.3 is 5.97 Å². The Morgan fingerprint density at radius 1 is 1.20 bits per heavy atom. The molecule has 6 heteroatoms. The van der Waals surface area contributed by atoms with Crippen LogP contribution in [-0.2, 0) is 9.53 Å². The maximum Gasteiger partial charge on any atom is 0.310 e. The number of aryl methyl sites for hydroxylation is 2. The van der Waals surface area contributed by atoms with Crippen molar-refractivity contribution in [3.05, 3.63) is 35.2 Å². The van der Waals surface area contributed by atoms with E-state index in [1.807, 2.05) is 19.9 Å². The van der Waals surface area contributed by atoms with Gasteiger partial charge in [-0.25, -0.2) is 9.97 Å². The summed E-state index contributed by atoms with van der Waals surface area (Å²) in [6.45, 7) is 7.06. The summed E-state index contributed by atoms with van der Waals surface area (Å²) in [5, 5.41) is 0. The fraction of sp³-hybridized carbons (Fsp3) is 0.474. The summed E-state index contributed by atoms with van der Waals surface area (Å²) < 4.78 is 5.10. The molecule has 1 aliphatic rings. The molecule has 1 aromatic heterocycles. The molecule has 2 heterocycles. The Morgan fingerprint density at radius 2 is 1.92 bits per heavy atom. The molecule has 1 atom stereocenters. The van der Waals surface area contributed by atoms with Crippen molar-refractivity contribution in [2.75, 3.05) is 19.7 Å². The largest absolute Gasteiger partial charge is 0.466 e. The van der Waals surface area contributed by atoms with Gasteiger partial charge in [0.1, 0.15) is 0 Å².